The van der Waals surface area contributed by atoms with Crippen molar-refractivity contribution in [2.75, 3.05) is 24.5 Å². The van der Waals surface area contributed by atoms with Gasteiger partial charge in [0.25, 0.3) is 10.0 Å². The third-order valence-corrected chi connectivity index (χ3v) is 8.75. The number of ether oxygens (including phenoxy) is 1. The molecule has 0 aliphatic heterocycles. The Morgan fingerprint density at radius 2 is 1.67 bits per heavy atom. The molecule has 0 saturated carbocycles. The van der Waals surface area contributed by atoms with Gasteiger partial charge in [0, 0.05) is 13.1 Å². The average molecular weight is 640 g/mol. The fourth-order valence-electron chi connectivity index (χ4n) is 4.16. The van der Waals surface area contributed by atoms with Crippen LogP contribution in [0.3, 0.4) is 0 Å². The van der Waals surface area contributed by atoms with Crippen molar-refractivity contribution in [2.45, 2.75) is 50.3 Å². The number of nitrogens with one attached hydrogen (secondary N) is 1. The van der Waals surface area contributed by atoms with Gasteiger partial charge in [-0.3, -0.25) is 13.9 Å². The second-order valence-corrected chi connectivity index (χ2v) is 11.9. The molecule has 1 unspecified atom stereocenters. The number of carbonyl (C=O) groups is 2. The fraction of sp³-hybridized carbons (Fsp3) is 0.333. The number of nitrogens with zero attached hydrogens (tertiary/aromatic N) is 2. The summed E-state index contributed by atoms with van der Waals surface area (Å²) in [5.74, 6) is -0.738. The molecule has 8 nitrogen and oxygen atoms in total. The minimum Gasteiger partial charge on any atom is -0.497 e. The number of rotatable bonds is 13. The van der Waals surface area contributed by atoms with Gasteiger partial charge in [-0.05, 0) is 61.4 Å². The number of benzene rings is 3. The number of carbonyl (C=O) groups excluding carboxylic acids is 2. The lowest BCUT2D eigenvalue weighted by atomic mass is 10.1. The van der Waals surface area contributed by atoms with Crippen LogP contribution in [-0.4, -0.2) is 51.4 Å². The molecule has 0 radical (unpaired) electrons. The van der Waals surface area contributed by atoms with Crippen LogP contribution in [0.1, 0.15) is 37.8 Å². The summed E-state index contributed by atoms with van der Waals surface area (Å²) in [6.07, 6.45) is -3.27. The van der Waals surface area contributed by atoms with Gasteiger partial charge < -0.3 is 15.0 Å². The predicted molar refractivity (Wildman–Crippen MR) is 158 cm³/mol. The van der Waals surface area contributed by atoms with E-state index >= 15 is 0 Å². The summed E-state index contributed by atoms with van der Waals surface area (Å²) in [7, 11) is -3.10. The summed E-state index contributed by atoms with van der Waals surface area (Å²) in [5.41, 5.74) is -1.07. The highest BCUT2D eigenvalue weighted by Crippen LogP contribution is 2.37. The number of halogens is 4. The van der Waals surface area contributed by atoms with Crippen LogP contribution in [0.5, 0.6) is 5.75 Å². The quantitative estimate of drug-likeness (QED) is 0.235. The number of hydrogen-bond donors (Lipinski definition) is 1. The van der Waals surface area contributed by atoms with Crippen molar-refractivity contribution >= 4 is 39.1 Å². The largest absolute Gasteiger partial charge is 0.497 e. The minimum absolute atomic E-state index is 0.0965. The molecule has 3 rings (SSSR count). The maximum absolute atomic E-state index is 14.0. The lowest BCUT2D eigenvalue weighted by Gasteiger charge is -2.32. The third-order valence-electron chi connectivity index (χ3n) is 6.66. The van der Waals surface area contributed by atoms with Gasteiger partial charge in [0.15, 0.2) is 0 Å². The number of sulfonamides is 1. The highest BCUT2D eigenvalue weighted by atomic mass is 35.5. The Balaban J connectivity index is 2.09. The number of amides is 2. The van der Waals surface area contributed by atoms with Gasteiger partial charge in [-0.15, -0.1) is 0 Å². The van der Waals surface area contributed by atoms with E-state index in [9.17, 15) is 31.2 Å². The summed E-state index contributed by atoms with van der Waals surface area (Å²) in [6, 6.07) is 14.9. The Hall–Kier alpha value is -3.77. The summed E-state index contributed by atoms with van der Waals surface area (Å²) < 4.78 is 74.3. The Morgan fingerprint density at radius 1 is 1.02 bits per heavy atom. The molecule has 13 heteroatoms. The van der Waals surface area contributed by atoms with E-state index in [1.165, 1.54) is 43.2 Å². The monoisotopic (exact) mass is 639 g/mol. The van der Waals surface area contributed by atoms with Gasteiger partial charge in [0.2, 0.25) is 11.8 Å². The first-order chi connectivity index (χ1) is 20.3. The van der Waals surface area contributed by atoms with Gasteiger partial charge in [0.05, 0.1) is 28.3 Å². The van der Waals surface area contributed by atoms with E-state index in [1.807, 2.05) is 6.92 Å². The molecular formula is C30H33ClF3N3O5S. The molecule has 1 atom stereocenters. The molecular weight excluding hydrogens is 607 g/mol. The van der Waals surface area contributed by atoms with E-state index in [-0.39, 0.29) is 16.5 Å². The molecule has 2 amide bonds. The van der Waals surface area contributed by atoms with Gasteiger partial charge in [0.1, 0.15) is 18.3 Å². The zero-order chi connectivity index (χ0) is 31.8. The number of anilines is 1. The normalized spacial score (nSPS) is 12.3. The van der Waals surface area contributed by atoms with Crippen molar-refractivity contribution in [3.63, 3.8) is 0 Å². The molecule has 0 bridgehead atoms. The van der Waals surface area contributed by atoms with Crippen LogP contribution in [0.4, 0.5) is 18.9 Å². The summed E-state index contributed by atoms with van der Waals surface area (Å²) >= 11 is 6.27. The molecule has 232 valence electrons. The van der Waals surface area contributed by atoms with Gasteiger partial charge in [-0.1, -0.05) is 55.3 Å². The SMILES string of the molecule is CCCCNC(=O)C(C)N(Cc1ccc(OC)cc1)C(=O)CN(c1cc(C(F)(F)F)ccc1Cl)S(=O)(=O)c1ccccc1. The molecule has 0 heterocycles. The number of unbranched alkanes of at least 4 members (excludes halogenated alkanes) is 1. The molecule has 0 fully saturated rings. The smallest absolute Gasteiger partial charge is 0.416 e. The van der Waals surface area contributed by atoms with Crippen molar-refractivity contribution < 1.29 is 35.9 Å². The zero-order valence-corrected chi connectivity index (χ0v) is 25.5. The van der Waals surface area contributed by atoms with Crippen LogP contribution in [0, 0.1) is 0 Å². The third kappa shape index (κ3) is 8.64. The summed E-state index contributed by atoms with van der Waals surface area (Å²) in [4.78, 5) is 27.9. The first-order valence-corrected chi connectivity index (χ1v) is 15.3. The molecule has 0 aromatic heterocycles. The van der Waals surface area contributed by atoms with Crippen LogP contribution in [-0.2, 0) is 32.3 Å². The van der Waals surface area contributed by atoms with Gasteiger partial charge in [-0.25, -0.2) is 8.42 Å². The standard InChI is InChI=1S/C30H33ClF3N3O5S/c1-4-5-17-35-29(39)21(2)36(19-22-11-14-24(42-3)15-12-22)28(38)20-37(43(40,41)25-9-7-6-8-10-25)27-18-23(30(32,33)34)13-16-26(27)31/h6-16,18,21H,4-5,17,19-20H2,1-3H3,(H,35,39). The van der Waals surface area contributed by atoms with E-state index in [1.54, 1.807) is 30.3 Å². The number of hydrogen-bond acceptors (Lipinski definition) is 5. The molecule has 43 heavy (non-hydrogen) atoms. The van der Waals surface area contributed by atoms with Crippen molar-refractivity contribution in [3.05, 3.63) is 88.9 Å². The van der Waals surface area contributed by atoms with Crippen molar-refractivity contribution in [1.82, 2.24) is 10.2 Å². The summed E-state index contributed by atoms with van der Waals surface area (Å²) in [5, 5.41) is 2.45. The first-order valence-electron chi connectivity index (χ1n) is 13.4. The molecule has 0 spiro atoms. The van der Waals surface area contributed by atoms with E-state index in [2.05, 4.69) is 5.32 Å². The number of methoxy groups -OCH3 is 1. The molecule has 3 aromatic rings. The van der Waals surface area contributed by atoms with E-state index in [0.717, 1.165) is 18.6 Å². The van der Waals surface area contributed by atoms with Crippen molar-refractivity contribution in [3.8, 4) is 5.75 Å². The van der Waals surface area contributed by atoms with Gasteiger partial charge in [-0.2, -0.15) is 13.2 Å². The second-order valence-electron chi connectivity index (χ2n) is 9.68. The molecule has 0 saturated heterocycles. The molecule has 0 aliphatic carbocycles. The van der Waals surface area contributed by atoms with Crippen LogP contribution in [0.15, 0.2) is 77.7 Å². The Kier molecular flexibility index (Phi) is 11.5. The Morgan fingerprint density at radius 3 is 2.26 bits per heavy atom. The number of alkyl halides is 3. The van der Waals surface area contributed by atoms with Crippen LogP contribution < -0.4 is 14.4 Å². The lowest BCUT2D eigenvalue weighted by molar-refractivity contribution is -0.139. The van der Waals surface area contributed by atoms with Crippen molar-refractivity contribution in [2.24, 2.45) is 0 Å². The average Bonchev–Trinajstić information content (AvgIpc) is 2.98. The fourth-order valence-corrected chi connectivity index (χ4v) is 5.88. The van der Waals surface area contributed by atoms with Gasteiger partial charge >= 0.3 is 6.18 Å². The maximum atomic E-state index is 14.0. The van der Waals surface area contributed by atoms with Crippen LogP contribution >= 0.6 is 11.6 Å². The minimum atomic E-state index is -4.81. The zero-order valence-electron chi connectivity index (χ0n) is 23.9. The van der Waals surface area contributed by atoms with Crippen molar-refractivity contribution in [1.29, 1.82) is 0 Å². The second kappa shape index (κ2) is 14.6. The highest BCUT2D eigenvalue weighted by molar-refractivity contribution is 7.92. The lowest BCUT2D eigenvalue weighted by Crippen LogP contribution is -2.51. The van der Waals surface area contributed by atoms with E-state index < -0.39 is 51.9 Å². The highest BCUT2D eigenvalue weighted by Gasteiger charge is 2.36. The molecule has 3 aromatic carbocycles. The van der Waals surface area contributed by atoms with Crippen LogP contribution in [0.25, 0.3) is 0 Å². The Labute approximate surface area is 254 Å². The molecule has 0 aliphatic rings. The molecule has 1 N–H and O–H groups in total. The maximum Gasteiger partial charge on any atom is 0.416 e. The van der Waals surface area contributed by atoms with E-state index in [4.69, 9.17) is 16.3 Å². The predicted octanol–water partition coefficient (Wildman–Crippen LogP) is 5.90. The topological polar surface area (TPSA) is 96.0 Å². The first kappa shape index (κ1) is 33.7. The van der Waals surface area contributed by atoms with E-state index in [0.29, 0.717) is 34.7 Å². The Bertz CT molecular complexity index is 1500. The van der Waals surface area contributed by atoms with Crippen LogP contribution in [0.2, 0.25) is 5.02 Å². The summed E-state index contributed by atoms with van der Waals surface area (Å²) in [6.45, 7) is 2.80.